The Bertz CT molecular complexity index is 367. The molecular formula is C9H14N4O2. The van der Waals surface area contributed by atoms with Crippen molar-refractivity contribution in [2.45, 2.75) is 6.42 Å². The van der Waals surface area contributed by atoms with Crippen molar-refractivity contribution < 1.29 is 4.79 Å². The van der Waals surface area contributed by atoms with Crippen LogP contribution in [0.5, 0.6) is 0 Å². The van der Waals surface area contributed by atoms with Crippen LogP contribution in [0.4, 0.5) is 0 Å². The molecule has 1 rings (SSSR count). The molecule has 0 bridgehead atoms. The molecule has 15 heavy (non-hydrogen) atoms. The zero-order valence-corrected chi connectivity index (χ0v) is 8.56. The molecule has 0 radical (unpaired) electrons. The van der Waals surface area contributed by atoms with Gasteiger partial charge in [-0.1, -0.05) is 0 Å². The normalized spacial score (nSPS) is 10.0. The van der Waals surface area contributed by atoms with Crippen LogP contribution in [0, 0.1) is 0 Å². The molecule has 0 saturated carbocycles. The highest BCUT2D eigenvalue weighted by molar-refractivity contribution is 5.91. The largest absolute Gasteiger partial charge is 0.340 e. The highest BCUT2D eigenvalue weighted by Crippen LogP contribution is 1.97. The number of hydrogen-bond donors (Lipinski definition) is 2. The van der Waals surface area contributed by atoms with E-state index in [1.54, 1.807) is 7.05 Å². The lowest BCUT2D eigenvalue weighted by Gasteiger charge is -2.15. The van der Waals surface area contributed by atoms with Gasteiger partial charge in [-0.05, 0) is 19.0 Å². The Balaban J connectivity index is 2.67. The first kappa shape index (κ1) is 11.4. The van der Waals surface area contributed by atoms with Crippen molar-refractivity contribution in [3.8, 4) is 0 Å². The SMILES string of the molecule is CN(CCCN)C(=O)c1ccc(=O)[nH]n1. The third-order valence-corrected chi connectivity index (χ3v) is 1.94. The molecule has 6 heteroatoms. The second-order valence-electron chi connectivity index (χ2n) is 3.18. The summed E-state index contributed by atoms with van der Waals surface area (Å²) in [6.45, 7) is 1.12. The zero-order chi connectivity index (χ0) is 11.3. The number of aromatic nitrogens is 2. The van der Waals surface area contributed by atoms with Crippen LogP contribution in [0.2, 0.25) is 0 Å². The van der Waals surface area contributed by atoms with Crippen LogP contribution in [0.3, 0.4) is 0 Å². The zero-order valence-electron chi connectivity index (χ0n) is 8.56. The summed E-state index contributed by atoms with van der Waals surface area (Å²) in [5.74, 6) is -0.222. The van der Waals surface area contributed by atoms with Crippen LogP contribution < -0.4 is 11.3 Å². The van der Waals surface area contributed by atoms with Gasteiger partial charge in [0.15, 0.2) is 0 Å². The number of H-pyrrole nitrogens is 1. The number of amides is 1. The molecule has 0 unspecified atom stereocenters. The fourth-order valence-electron chi connectivity index (χ4n) is 1.09. The third kappa shape index (κ3) is 3.17. The minimum atomic E-state index is -0.323. The third-order valence-electron chi connectivity index (χ3n) is 1.94. The average Bonchev–Trinajstić information content (AvgIpc) is 2.26. The lowest BCUT2D eigenvalue weighted by Crippen LogP contribution is -2.30. The molecule has 0 aliphatic heterocycles. The van der Waals surface area contributed by atoms with Gasteiger partial charge < -0.3 is 10.6 Å². The topological polar surface area (TPSA) is 92.1 Å². The molecule has 3 N–H and O–H groups in total. The summed E-state index contributed by atoms with van der Waals surface area (Å²) in [6.07, 6.45) is 0.742. The second kappa shape index (κ2) is 5.26. The fraction of sp³-hybridized carbons (Fsp3) is 0.444. The van der Waals surface area contributed by atoms with Crippen molar-refractivity contribution in [3.63, 3.8) is 0 Å². The molecule has 0 aromatic carbocycles. The summed E-state index contributed by atoms with van der Waals surface area (Å²) >= 11 is 0. The van der Waals surface area contributed by atoms with Crippen LogP contribution >= 0.6 is 0 Å². The Hall–Kier alpha value is -1.69. The van der Waals surface area contributed by atoms with E-state index in [-0.39, 0.29) is 17.2 Å². The van der Waals surface area contributed by atoms with Crippen LogP contribution in [0.1, 0.15) is 16.9 Å². The number of rotatable bonds is 4. The van der Waals surface area contributed by atoms with Crippen molar-refractivity contribution in [1.82, 2.24) is 15.1 Å². The molecule has 0 spiro atoms. The van der Waals surface area contributed by atoms with E-state index >= 15 is 0 Å². The summed E-state index contributed by atoms with van der Waals surface area (Å²) in [5, 5.41) is 5.86. The van der Waals surface area contributed by atoms with Crippen LogP contribution in [-0.2, 0) is 0 Å². The number of nitrogens with zero attached hydrogens (tertiary/aromatic N) is 2. The maximum atomic E-state index is 11.7. The predicted molar refractivity (Wildman–Crippen MR) is 55.5 cm³/mol. The van der Waals surface area contributed by atoms with E-state index in [0.717, 1.165) is 6.42 Å². The van der Waals surface area contributed by atoms with Crippen molar-refractivity contribution >= 4 is 5.91 Å². The van der Waals surface area contributed by atoms with Crippen molar-refractivity contribution in [2.75, 3.05) is 20.1 Å². The molecule has 0 saturated heterocycles. The number of hydrogen-bond acceptors (Lipinski definition) is 4. The maximum absolute atomic E-state index is 11.7. The standard InChI is InChI=1S/C9H14N4O2/c1-13(6-2-5-10)9(15)7-3-4-8(14)12-11-7/h3-4H,2,5-6,10H2,1H3,(H,12,14). The Morgan fingerprint density at radius 1 is 1.60 bits per heavy atom. The molecule has 0 aliphatic rings. The number of carbonyl (C=O) groups excluding carboxylic acids is 1. The van der Waals surface area contributed by atoms with Crippen LogP contribution in [0.15, 0.2) is 16.9 Å². The van der Waals surface area contributed by atoms with Crippen molar-refractivity contribution in [3.05, 3.63) is 28.2 Å². The predicted octanol–water partition coefficient (Wildman–Crippen LogP) is -0.809. The van der Waals surface area contributed by atoms with Crippen LogP contribution in [0.25, 0.3) is 0 Å². The number of carbonyl (C=O) groups is 1. The fourth-order valence-corrected chi connectivity index (χ4v) is 1.09. The molecule has 0 atom stereocenters. The van der Waals surface area contributed by atoms with Gasteiger partial charge >= 0.3 is 0 Å². The minimum Gasteiger partial charge on any atom is -0.340 e. The van der Waals surface area contributed by atoms with E-state index in [2.05, 4.69) is 10.2 Å². The molecule has 1 amide bonds. The highest BCUT2D eigenvalue weighted by Gasteiger charge is 2.12. The van der Waals surface area contributed by atoms with Crippen molar-refractivity contribution in [2.24, 2.45) is 5.73 Å². The summed E-state index contributed by atoms with van der Waals surface area (Å²) in [6, 6.07) is 2.68. The first-order valence-electron chi connectivity index (χ1n) is 4.66. The quantitative estimate of drug-likeness (QED) is 0.680. The number of nitrogens with two attached hydrogens (primary N) is 1. The summed E-state index contributed by atoms with van der Waals surface area (Å²) in [5.41, 5.74) is 5.24. The van der Waals surface area contributed by atoms with E-state index in [1.165, 1.54) is 17.0 Å². The molecule has 1 heterocycles. The Kier molecular flexibility index (Phi) is 3.99. The Morgan fingerprint density at radius 2 is 2.33 bits per heavy atom. The molecule has 0 fully saturated rings. The second-order valence-corrected chi connectivity index (χ2v) is 3.18. The van der Waals surface area contributed by atoms with Crippen molar-refractivity contribution in [1.29, 1.82) is 0 Å². The van der Waals surface area contributed by atoms with Gasteiger partial charge in [0.2, 0.25) is 0 Å². The van der Waals surface area contributed by atoms with Gasteiger partial charge in [-0.25, -0.2) is 5.10 Å². The summed E-state index contributed by atoms with van der Waals surface area (Å²) in [4.78, 5) is 23.9. The molecule has 1 aromatic heterocycles. The van der Waals surface area contributed by atoms with Gasteiger partial charge in [0.1, 0.15) is 5.69 Å². The average molecular weight is 210 g/mol. The Morgan fingerprint density at radius 3 is 2.87 bits per heavy atom. The van der Waals surface area contributed by atoms with Gasteiger partial charge in [-0.2, -0.15) is 5.10 Å². The lowest BCUT2D eigenvalue weighted by molar-refractivity contribution is 0.0787. The van der Waals surface area contributed by atoms with E-state index in [9.17, 15) is 9.59 Å². The summed E-state index contributed by atoms with van der Waals surface area (Å²) < 4.78 is 0. The molecular weight excluding hydrogens is 196 g/mol. The number of aromatic amines is 1. The smallest absolute Gasteiger partial charge is 0.274 e. The minimum absolute atomic E-state index is 0.222. The molecule has 82 valence electrons. The Labute approximate surface area is 87.1 Å². The van der Waals surface area contributed by atoms with E-state index in [0.29, 0.717) is 13.1 Å². The van der Waals surface area contributed by atoms with Crippen LogP contribution in [-0.4, -0.2) is 41.1 Å². The van der Waals surface area contributed by atoms with Gasteiger partial charge in [-0.3, -0.25) is 9.59 Å². The van der Waals surface area contributed by atoms with E-state index in [4.69, 9.17) is 5.73 Å². The molecule has 0 aliphatic carbocycles. The first-order valence-corrected chi connectivity index (χ1v) is 4.66. The van der Waals surface area contributed by atoms with E-state index in [1.807, 2.05) is 0 Å². The van der Waals surface area contributed by atoms with Gasteiger partial charge in [0.25, 0.3) is 11.5 Å². The van der Waals surface area contributed by atoms with Gasteiger partial charge in [-0.15, -0.1) is 0 Å². The highest BCUT2D eigenvalue weighted by atomic mass is 16.2. The first-order chi connectivity index (χ1) is 7.15. The summed E-state index contributed by atoms with van der Waals surface area (Å²) in [7, 11) is 1.67. The van der Waals surface area contributed by atoms with E-state index < -0.39 is 0 Å². The monoisotopic (exact) mass is 210 g/mol. The maximum Gasteiger partial charge on any atom is 0.274 e. The number of nitrogens with one attached hydrogen (secondary N) is 1. The molecule has 6 nitrogen and oxygen atoms in total. The molecule has 1 aromatic rings. The van der Waals surface area contributed by atoms with Gasteiger partial charge in [0, 0.05) is 19.7 Å². The lowest BCUT2D eigenvalue weighted by atomic mass is 10.3. The van der Waals surface area contributed by atoms with Gasteiger partial charge in [0.05, 0.1) is 0 Å².